The van der Waals surface area contributed by atoms with Gasteiger partial charge in [0.05, 0.1) is 0 Å². The zero-order valence-electron chi connectivity index (χ0n) is 10.6. The Morgan fingerprint density at radius 3 is 2.53 bits per heavy atom. The van der Waals surface area contributed by atoms with E-state index >= 15 is 0 Å². The Bertz CT molecular complexity index is 458. The molecule has 1 unspecified atom stereocenters. The Hall–Kier alpha value is -1.24. The maximum Gasteiger partial charge on any atom is 0.343 e. The van der Waals surface area contributed by atoms with Gasteiger partial charge in [-0.15, -0.1) is 5.10 Å². The predicted molar refractivity (Wildman–Crippen MR) is 65.0 cm³/mol. The maximum absolute atomic E-state index is 11.7. The fourth-order valence-corrected chi connectivity index (χ4v) is 1.83. The van der Waals surface area contributed by atoms with E-state index in [-0.39, 0.29) is 11.7 Å². The van der Waals surface area contributed by atoms with Gasteiger partial charge in [-0.05, 0) is 27.7 Å². The second kappa shape index (κ2) is 4.95. The molecule has 0 spiro atoms. The Balaban J connectivity index is 2.67. The summed E-state index contributed by atoms with van der Waals surface area (Å²) in [5, 5.41) is 6.18. The van der Waals surface area contributed by atoms with E-state index in [2.05, 4.69) is 10.2 Å². The molecule has 0 fully saturated rings. The molecule has 0 saturated carbocycles. The quantitative estimate of drug-likeness (QED) is 0.645. The van der Waals surface area contributed by atoms with Crippen LogP contribution >= 0.6 is 11.8 Å². The summed E-state index contributed by atoms with van der Waals surface area (Å²) >= 11 is 1.19. The summed E-state index contributed by atoms with van der Waals surface area (Å²) in [5.41, 5.74) is -0.813. The number of carbonyl (C=O) groups excluding carboxylic acids is 1. The minimum Gasteiger partial charge on any atom is -0.459 e. The lowest BCUT2D eigenvalue weighted by molar-refractivity contribution is -0.153. The van der Waals surface area contributed by atoms with Crippen LogP contribution < -0.4 is 5.69 Å². The highest BCUT2D eigenvalue weighted by Gasteiger charge is 2.24. The summed E-state index contributed by atoms with van der Waals surface area (Å²) in [5.74, 6) is -0.321. The third kappa shape index (κ3) is 3.92. The van der Waals surface area contributed by atoms with Gasteiger partial charge in [0.1, 0.15) is 10.9 Å². The van der Waals surface area contributed by atoms with E-state index in [0.29, 0.717) is 5.16 Å². The summed E-state index contributed by atoms with van der Waals surface area (Å²) in [6.07, 6.45) is 0. The molecule has 0 saturated heterocycles. The van der Waals surface area contributed by atoms with Crippen LogP contribution in [0.25, 0.3) is 0 Å². The molecule has 1 atom stereocenters. The fourth-order valence-electron chi connectivity index (χ4n) is 1.03. The lowest BCUT2D eigenvalue weighted by Crippen LogP contribution is -2.29. The van der Waals surface area contributed by atoms with Gasteiger partial charge in [-0.3, -0.25) is 9.36 Å². The molecule has 0 aliphatic carbocycles. The van der Waals surface area contributed by atoms with Gasteiger partial charge in [0, 0.05) is 7.05 Å². The van der Waals surface area contributed by atoms with Crippen molar-refractivity contribution in [3.8, 4) is 0 Å². The van der Waals surface area contributed by atoms with Crippen molar-refractivity contribution < 1.29 is 9.53 Å². The third-order valence-electron chi connectivity index (χ3n) is 1.86. The summed E-state index contributed by atoms with van der Waals surface area (Å²) < 4.78 is 6.59. The van der Waals surface area contributed by atoms with Gasteiger partial charge in [-0.25, -0.2) is 9.89 Å². The molecule has 6 nitrogen and oxygen atoms in total. The highest BCUT2D eigenvalue weighted by atomic mass is 32.2. The van der Waals surface area contributed by atoms with Gasteiger partial charge in [0.25, 0.3) is 0 Å². The summed E-state index contributed by atoms with van der Waals surface area (Å²) in [4.78, 5) is 22.8. The van der Waals surface area contributed by atoms with Crippen LogP contribution in [0.4, 0.5) is 0 Å². The van der Waals surface area contributed by atoms with Gasteiger partial charge in [-0.1, -0.05) is 11.8 Å². The molecule has 1 aromatic heterocycles. The first-order chi connectivity index (χ1) is 7.70. The van der Waals surface area contributed by atoms with Gasteiger partial charge < -0.3 is 4.74 Å². The van der Waals surface area contributed by atoms with E-state index in [1.54, 1.807) is 14.0 Å². The van der Waals surface area contributed by atoms with Crippen molar-refractivity contribution in [2.45, 2.75) is 43.7 Å². The number of ether oxygens (including phenoxy) is 1. The average molecular weight is 259 g/mol. The van der Waals surface area contributed by atoms with Crippen LogP contribution in [0.3, 0.4) is 0 Å². The molecule has 1 heterocycles. The average Bonchev–Trinajstić information content (AvgIpc) is 2.47. The Labute approximate surface area is 104 Å². The first kappa shape index (κ1) is 13.8. The largest absolute Gasteiger partial charge is 0.459 e. The zero-order chi connectivity index (χ0) is 13.2. The molecule has 17 heavy (non-hydrogen) atoms. The van der Waals surface area contributed by atoms with Crippen LogP contribution in [-0.2, 0) is 16.6 Å². The monoisotopic (exact) mass is 259 g/mol. The topological polar surface area (TPSA) is 77.0 Å². The molecule has 96 valence electrons. The van der Waals surface area contributed by atoms with E-state index in [9.17, 15) is 9.59 Å². The second-order valence-corrected chi connectivity index (χ2v) is 5.97. The van der Waals surface area contributed by atoms with Crippen molar-refractivity contribution in [1.82, 2.24) is 14.8 Å². The number of esters is 1. The van der Waals surface area contributed by atoms with Crippen molar-refractivity contribution in [2.75, 3.05) is 0 Å². The third-order valence-corrected chi connectivity index (χ3v) is 2.98. The summed E-state index contributed by atoms with van der Waals surface area (Å²) in [7, 11) is 1.59. The molecule has 0 radical (unpaired) electrons. The highest BCUT2D eigenvalue weighted by molar-refractivity contribution is 8.00. The van der Waals surface area contributed by atoms with Crippen molar-refractivity contribution in [2.24, 2.45) is 7.05 Å². The van der Waals surface area contributed by atoms with Gasteiger partial charge in [0.15, 0.2) is 5.16 Å². The van der Waals surface area contributed by atoms with Gasteiger partial charge in [-0.2, -0.15) is 0 Å². The number of hydrogen-bond acceptors (Lipinski definition) is 5. The van der Waals surface area contributed by atoms with Crippen LogP contribution in [0, 0.1) is 0 Å². The first-order valence-corrected chi connectivity index (χ1v) is 6.09. The lowest BCUT2D eigenvalue weighted by atomic mass is 10.2. The minimum atomic E-state index is -0.511. The second-order valence-electron chi connectivity index (χ2n) is 4.66. The van der Waals surface area contributed by atoms with Crippen molar-refractivity contribution in [3.05, 3.63) is 10.5 Å². The van der Waals surface area contributed by atoms with E-state index in [1.165, 1.54) is 16.3 Å². The van der Waals surface area contributed by atoms with E-state index in [4.69, 9.17) is 4.74 Å². The van der Waals surface area contributed by atoms with E-state index in [1.807, 2.05) is 20.8 Å². The van der Waals surface area contributed by atoms with Crippen molar-refractivity contribution >= 4 is 17.7 Å². The molecule has 0 aliphatic rings. The van der Waals surface area contributed by atoms with Crippen LogP contribution in [0.1, 0.15) is 27.7 Å². The van der Waals surface area contributed by atoms with Crippen LogP contribution in [-0.4, -0.2) is 31.6 Å². The highest BCUT2D eigenvalue weighted by Crippen LogP contribution is 2.21. The van der Waals surface area contributed by atoms with Crippen molar-refractivity contribution in [3.63, 3.8) is 0 Å². The maximum atomic E-state index is 11.7. The molecule has 0 bridgehead atoms. The number of aromatic nitrogens is 3. The Morgan fingerprint density at radius 1 is 1.53 bits per heavy atom. The van der Waals surface area contributed by atoms with Crippen LogP contribution in [0.2, 0.25) is 0 Å². The standard InChI is InChI=1S/C10H17N3O3S/c1-6(7(14)16-10(2,3)4)17-9-12-11-8(15)13(9)5/h6H,1-5H3,(H,11,15). The number of hydrogen-bond donors (Lipinski definition) is 1. The number of nitrogens with one attached hydrogen (secondary N) is 1. The van der Waals surface area contributed by atoms with Gasteiger partial charge in [0.2, 0.25) is 0 Å². The predicted octanol–water partition coefficient (Wildman–Crippen LogP) is 0.931. The minimum absolute atomic E-state index is 0.302. The summed E-state index contributed by atoms with van der Waals surface area (Å²) in [6.45, 7) is 7.16. The molecular formula is C10H17N3O3S. The number of nitrogens with zero attached hydrogens (tertiary/aromatic N) is 2. The number of rotatable bonds is 3. The smallest absolute Gasteiger partial charge is 0.343 e. The van der Waals surface area contributed by atoms with Crippen LogP contribution in [0.5, 0.6) is 0 Å². The molecule has 7 heteroatoms. The van der Waals surface area contributed by atoms with E-state index in [0.717, 1.165) is 0 Å². The molecule has 1 rings (SSSR count). The van der Waals surface area contributed by atoms with Crippen molar-refractivity contribution in [1.29, 1.82) is 0 Å². The SMILES string of the molecule is CC(Sc1n[nH]c(=O)n1C)C(=O)OC(C)(C)C. The zero-order valence-corrected chi connectivity index (χ0v) is 11.4. The number of thioether (sulfide) groups is 1. The molecule has 0 amide bonds. The molecule has 1 N–H and O–H groups in total. The van der Waals surface area contributed by atoms with Gasteiger partial charge >= 0.3 is 11.7 Å². The number of aromatic amines is 1. The number of carbonyl (C=O) groups is 1. The number of H-pyrrole nitrogens is 1. The Morgan fingerprint density at radius 2 is 2.12 bits per heavy atom. The normalized spacial score (nSPS) is 13.5. The molecule has 0 aliphatic heterocycles. The molecular weight excluding hydrogens is 242 g/mol. The first-order valence-electron chi connectivity index (χ1n) is 5.21. The summed E-state index contributed by atoms with van der Waals surface area (Å²) in [6, 6.07) is 0. The fraction of sp³-hybridized carbons (Fsp3) is 0.700. The Kier molecular flexibility index (Phi) is 4.03. The molecule has 0 aromatic carbocycles. The van der Waals surface area contributed by atoms with E-state index < -0.39 is 10.9 Å². The lowest BCUT2D eigenvalue weighted by Gasteiger charge is -2.21. The molecule has 1 aromatic rings. The van der Waals surface area contributed by atoms with Crippen LogP contribution in [0.15, 0.2) is 9.95 Å².